The number of nitrogens with zero attached hydrogens (tertiary/aromatic N) is 3. The van der Waals surface area contributed by atoms with Crippen molar-refractivity contribution in [2.75, 3.05) is 31.1 Å². The quantitative estimate of drug-likeness (QED) is 0.685. The van der Waals surface area contributed by atoms with Crippen LogP contribution in [-0.2, 0) is 16.2 Å². The Morgan fingerprint density at radius 2 is 1.79 bits per heavy atom. The van der Waals surface area contributed by atoms with E-state index in [0.717, 1.165) is 30.5 Å². The Balaban J connectivity index is 1.75. The number of pyridine rings is 1. The van der Waals surface area contributed by atoms with Crippen molar-refractivity contribution in [1.82, 2.24) is 9.29 Å². The van der Waals surface area contributed by atoms with Crippen LogP contribution in [-0.4, -0.2) is 43.9 Å². The first-order valence-corrected chi connectivity index (χ1v) is 10.1. The van der Waals surface area contributed by atoms with E-state index < -0.39 is 27.6 Å². The first-order valence-electron chi connectivity index (χ1n) is 8.32. The average molecular weight is 438 g/mol. The molecule has 0 saturated carbocycles. The fourth-order valence-corrected chi connectivity index (χ4v) is 4.63. The van der Waals surface area contributed by atoms with E-state index in [-0.39, 0.29) is 29.6 Å². The van der Waals surface area contributed by atoms with Crippen LogP contribution in [0.25, 0.3) is 0 Å². The Morgan fingerprint density at radius 3 is 2.39 bits per heavy atom. The monoisotopic (exact) mass is 437 g/mol. The van der Waals surface area contributed by atoms with Crippen molar-refractivity contribution < 1.29 is 26.0 Å². The van der Waals surface area contributed by atoms with E-state index in [1.165, 1.54) is 10.4 Å². The maximum Gasteiger partial charge on any atom is 0.417 e. The highest BCUT2D eigenvalue weighted by molar-refractivity contribution is 7.89. The Labute approximate surface area is 164 Å². The fourth-order valence-electron chi connectivity index (χ4n) is 2.89. The number of hydrogen-bond donors (Lipinski definition) is 0. The van der Waals surface area contributed by atoms with Crippen molar-refractivity contribution in [1.29, 1.82) is 0 Å². The Bertz CT molecular complexity index is 952. The van der Waals surface area contributed by atoms with Gasteiger partial charge in [-0.25, -0.2) is 17.8 Å². The van der Waals surface area contributed by atoms with Crippen molar-refractivity contribution in [3.8, 4) is 0 Å². The zero-order valence-corrected chi connectivity index (χ0v) is 16.0. The van der Waals surface area contributed by atoms with Gasteiger partial charge in [0.05, 0.1) is 15.5 Å². The van der Waals surface area contributed by atoms with Crippen LogP contribution in [0.1, 0.15) is 12.0 Å². The van der Waals surface area contributed by atoms with E-state index in [1.54, 1.807) is 4.90 Å². The molecule has 1 aliphatic heterocycles. The van der Waals surface area contributed by atoms with Gasteiger partial charge in [-0.1, -0.05) is 11.6 Å². The SMILES string of the molecule is O=S(=O)(c1ccc(F)c(Cl)c1)N1CCCN(c2ccc(C(F)(F)F)cn2)CC1. The lowest BCUT2D eigenvalue weighted by molar-refractivity contribution is -0.137. The molecule has 3 rings (SSSR count). The van der Waals surface area contributed by atoms with Gasteiger partial charge in [0.25, 0.3) is 0 Å². The van der Waals surface area contributed by atoms with Crippen molar-refractivity contribution in [3.05, 3.63) is 52.9 Å². The fraction of sp³-hybridized carbons (Fsp3) is 0.353. The molecule has 0 aliphatic carbocycles. The normalized spacial score (nSPS) is 16.8. The molecule has 1 fully saturated rings. The third-order valence-electron chi connectivity index (χ3n) is 4.38. The minimum atomic E-state index is -4.47. The van der Waals surface area contributed by atoms with Crippen LogP contribution in [0.4, 0.5) is 23.4 Å². The minimum Gasteiger partial charge on any atom is -0.355 e. The van der Waals surface area contributed by atoms with E-state index in [0.29, 0.717) is 18.8 Å². The molecule has 5 nitrogen and oxygen atoms in total. The van der Waals surface area contributed by atoms with Crippen LogP contribution >= 0.6 is 11.6 Å². The Hall–Kier alpha value is -1.91. The predicted molar refractivity (Wildman–Crippen MR) is 96.2 cm³/mol. The molecule has 0 N–H and O–H groups in total. The summed E-state index contributed by atoms with van der Waals surface area (Å²) in [7, 11) is -3.87. The number of hydrogen-bond acceptors (Lipinski definition) is 4. The Kier molecular flexibility index (Phi) is 5.83. The third kappa shape index (κ3) is 4.39. The number of aromatic nitrogens is 1. The highest BCUT2D eigenvalue weighted by Gasteiger charge is 2.31. The summed E-state index contributed by atoms with van der Waals surface area (Å²) in [6.45, 7) is 1.02. The maximum atomic E-state index is 13.3. The molecule has 0 amide bonds. The molecule has 152 valence electrons. The lowest BCUT2D eigenvalue weighted by Gasteiger charge is -2.23. The topological polar surface area (TPSA) is 53.5 Å². The van der Waals surface area contributed by atoms with Crippen LogP contribution < -0.4 is 4.90 Å². The van der Waals surface area contributed by atoms with E-state index in [9.17, 15) is 26.0 Å². The van der Waals surface area contributed by atoms with Gasteiger partial charge in [0.2, 0.25) is 10.0 Å². The van der Waals surface area contributed by atoms with E-state index in [1.807, 2.05) is 0 Å². The maximum absolute atomic E-state index is 13.3. The van der Waals surface area contributed by atoms with Crippen LogP contribution in [0.15, 0.2) is 41.4 Å². The average Bonchev–Trinajstić information content (AvgIpc) is 2.90. The summed E-state index contributed by atoms with van der Waals surface area (Å²) >= 11 is 5.68. The van der Waals surface area contributed by atoms with Crippen LogP contribution in [0.5, 0.6) is 0 Å². The molecule has 2 aromatic rings. The van der Waals surface area contributed by atoms with Gasteiger partial charge >= 0.3 is 6.18 Å². The second kappa shape index (κ2) is 7.84. The summed E-state index contributed by atoms with van der Waals surface area (Å²) in [5, 5.41) is -0.286. The zero-order chi connectivity index (χ0) is 20.5. The molecule has 11 heteroatoms. The molecule has 2 heterocycles. The predicted octanol–water partition coefficient (Wildman–Crippen LogP) is 3.79. The van der Waals surface area contributed by atoms with Crippen LogP contribution in [0, 0.1) is 5.82 Å². The molecule has 0 radical (unpaired) electrons. The van der Waals surface area contributed by atoms with Crippen LogP contribution in [0.3, 0.4) is 0 Å². The molecule has 1 aromatic carbocycles. The Morgan fingerprint density at radius 1 is 1.04 bits per heavy atom. The number of sulfonamides is 1. The number of alkyl halides is 3. The largest absolute Gasteiger partial charge is 0.417 e. The number of rotatable bonds is 3. The number of halogens is 5. The first-order chi connectivity index (χ1) is 13.1. The smallest absolute Gasteiger partial charge is 0.355 e. The lowest BCUT2D eigenvalue weighted by atomic mass is 10.2. The number of benzene rings is 1. The molecule has 1 saturated heterocycles. The molecule has 0 bridgehead atoms. The third-order valence-corrected chi connectivity index (χ3v) is 6.57. The summed E-state index contributed by atoms with van der Waals surface area (Å²) in [5.41, 5.74) is -0.844. The van der Waals surface area contributed by atoms with Crippen molar-refractivity contribution in [2.45, 2.75) is 17.5 Å². The van der Waals surface area contributed by atoms with Gasteiger partial charge in [-0.3, -0.25) is 0 Å². The van der Waals surface area contributed by atoms with Gasteiger partial charge in [-0.2, -0.15) is 17.5 Å². The standard InChI is InChI=1S/C17H16ClF4N3O2S/c18-14-10-13(3-4-15(14)19)28(26,27)25-7-1-6-24(8-9-25)16-5-2-12(11-23-16)17(20,21)22/h2-5,10-11H,1,6-9H2. The highest BCUT2D eigenvalue weighted by atomic mass is 35.5. The van der Waals surface area contributed by atoms with Crippen molar-refractivity contribution in [2.24, 2.45) is 0 Å². The molecule has 1 aliphatic rings. The molecular weight excluding hydrogens is 422 g/mol. The van der Waals surface area contributed by atoms with E-state index in [2.05, 4.69) is 4.98 Å². The van der Waals surface area contributed by atoms with Crippen molar-refractivity contribution >= 4 is 27.4 Å². The lowest BCUT2D eigenvalue weighted by Crippen LogP contribution is -2.35. The summed E-state index contributed by atoms with van der Waals surface area (Å²) in [6, 6.07) is 5.42. The van der Waals surface area contributed by atoms with Gasteiger partial charge in [-0.15, -0.1) is 0 Å². The summed E-state index contributed by atoms with van der Waals surface area (Å²) in [6.07, 6.45) is -3.25. The van der Waals surface area contributed by atoms with Crippen LogP contribution in [0.2, 0.25) is 5.02 Å². The van der Waals surface area contributed by atoms with Gasteiger partial charge in [0.15, 0.2) is 0 Å². The summed E-state index contributed by atoms with van der Waals surface area (Å²) in [5.74, 6) is -0.367. The molecule has 0 atom stereocenters. The van der Waals surface area contributed by atoms with Gasteiger partial charge in [0, 0.05) is 32.4 Å². The zero-order valence-electron chi connectivity index (χ0n) is 14.5. The minimum absolute atomic E-state index is 0.111. The van der Waals surface area contributed by atoms with Gasteiger partial charge < -0.3 is 4.90 Å². The number of anilines is 1. The molecule has 28 heavy (non-hydrogen) atoms. The first kappa shape index (κ1) is 20.8. The second-order valence-electron chi connectivity index (χ2n) is 6.22. The highest BCUT2D eigenvalue weighted by Crippen LogP contribution is 2.30. The summed E-state index contributed by atoms with van der Waals surface area (Å²) in [4.78, 5) is 5.47. The van der Waals surface area contributed by atoms with Gasteiger partial charge in [-0.05, 0) is 36.8 Å². The summed E-state index contributed by atoms with van der Waals surface area (Å²) < 4.78 is 78.1. The molecule has 1 aromatic heterocycles. The second-order valence-corrected chi connectivity index (χ2v) is 8.57. The van der Waals surface area contributed by atoms with Crippen molar-refractivity contribution in [3.63, 3.8) is 0 Å². The van der Waals surface area contributed by atoms with Gasteiger partial charge in [0.1, 0.15) is 11.6 Å². The molecular formula is C17H16ClF4N3O2S. The van der Waals surface area contributed by atoms with E-state index in [4.69, 9.17) is 11.6 Å². The molecule has 0 spiro atoms. The molecule has 0 unspecified atom stereocenters. The van der Waals surface area contributed by atoms with E-state index >= 15 is 0 Å².